The van der Waals surface area contributed by atoms with Crippen molar-refractivity contribution < 1.29 is 24.0 Å². The van der Waals surface area contributed by atoms with Crippen LogP contribution in [0.15, 0.2) is 16.9 Å². The number of aromatic nitrogens is 1. The summed E-state index contributed by atoms with van der Waals surface area (Å²) in [7, 11) is 0. The highest BCUT2D eigenvalue weighted by molar-refractivity contribution is 7.17. The van der Waals surface area contributed by atoms with Gasteiger partial charge in [-0.2, -0.15) is 0 Å². The lowest BCUT2D eigenvalue weighted by molar-refractivity contribution is -0.382. The van der Waals surface area contributed by atoms with Crippen LogP contribution in [0, 0.1) is 10.1 Å². The molecule has 134 valence electrons. The molecule has 0 atom stereocenters. The van der Waals surface area contributed by atoms with Crippen molar-refractivity contribution in [1.29, 1.82) is 0 Å². The monoisotopic (exact) mass is 388 g/mol. The fourth-order valence-corrected chi connectivity index (χ4v) is 3.40. The third kappa shape index (κ3) is 3.64. The molecule has 0 fully saturated rings. The molecule has 0 aliphatic heterocycles. The van der Waals surface area contributed by atoms with Gasteiger partial charge in [-0.25, -0.2) is 9.59 Å². The number of nitro groups is 1. The molecule has 0 saturated heterocycles. The van der Waals surface area contributed by atoms with Crippen LogP contribution in [0.25, 0.3) is 10.2 Å². The Balaban J connectivity index is 2.77. The molecule has 2 aromatic rings. The topological polar surface area (TPSA) is 118 Å². The number of ether oxygens (including phenoxy) is 2. The van der Waals surface area contributed by atoms with Crippen LogP contribution in [0.5, 0.6) is 0 Å². The molecule has 0 aliphatic rings. The summed E-state index contributed by atoms with van der Waals surface area (Å²) in [5, 5.41) is 11.2. The summed E-state index contributed by atoms with van der Waals surface area (Å²) < 4.78 is 10.5. The number of esters is 2. The molecule has 25 heavy (non-hydrogen) atoms. The van der Waals surface area contributed by atoms with Crippen molar-refractivity contribution in [3.63, 3.8) is 0 Å². The number of benzene rings is 1. The molecule has 0 amide bonds. The van der Waals surface area contributed by atoms with Gasteiger partial charge in [0.2, 0.25) is 6.04 Å². The molecule has 1 heterocycles. The van der Waals surface area contributed by atoms with Gasteiger partial charge in [-0.05, 0) is 19.9 Å². The van der Waals surface area contributed by atoms with E-state index < -0.39 is 33.5 Å². The van der Waals surface area contributed by atoms with E-state index in [1.54, 1.807) is 0 Å². The maximum Gasteiger partial charge on any atom is 0.341 e. The van der Waals surface area contributed by atoms with Gasteiger partial charge in [-0.3, -0.25) is 19.5 Å². The molecule has 1 aromatic heterocycles. The van der Waals surface area contributed by atoms with Gasteiger partial charge in [0.15, 0.2) is 0 Å². The minimum absolute atomic E-state index is 0.00185. The van der Waals surface area contributed by atoms with Crippen molar-refractivity contribution in [1.82, 2.24) is 4.57 Å². The number of fused-ring (bicyclic) bond motifs is 1. The molecule has 2 rings (SSSR count). The predicted molar refractivity (Wildman–Crippen MR) is 90.1 cm³/mol. The van der Waals surface area contributed by atoms with E-state index in [9.17, 15) is 24.5 Å². The summed E-state index contributed by atoms with van der Waals surface area (Å²) in [5.41, 5.74) is -0.407. The zero-order valence-electron chi connectivity index (χ0n) is 13.2. The minimum atomic E-state index is -1.71. The molecule has 11 heteroatoms. The van der Waals surface area contributed by atoms with E-state index in [1.807, 2.05) is 0 Å². The third-order valence-corrected chi connectivity index (χ3v) is 4.35. The van der Waals surface area contributed by atoms with Gasteiger partial charge in [-0.1, -0.05) is 22.9 Å². The molecule has 0 radical (unpaired) electrons. The second kappa shape index (κ2) is 7.62. The van der Waals surface area contributed by atoms with Gasteiger partial charge < -0.3 is 9.47 Å². The number of carbonyl (C=O) groups excluding carboxylic acids is 2. The number of hydrogen-bond donors (Lipinski definition) is 0. The Kier molecular flexibility index (Phi) is 5.75. The van der Waals surface area contributed by atoms with E-state index in [4.69, 9.17) is 21.1 Å². The second-order valence-corrected chi connectivity index (χ2v) is 6.07. The molecule has 0 saturated carbocycles. The molecular weight excluding hydrogens is 376 g/mol. The first-order chi connectivity index (χ1) is 11.8. The van der Waals surface area contributed by atoms with Crippen molar-refractivity contribution >= 4 is 50.8 Å². The third-order valence-electron chi connectivity index (χ3n) is 3.13. The van der Waals surface area contributed by atoms with E-state index in [-0.39, 0.29) is 28.5 Å². The molecule has 0 spiro atoms. The first-order valence-electron chi connectivity index (χ1n) is 7.14. The SMILES string of the molecule is CCOC(=O)C(C(=O)OCC)n1c(=O)sc2c([N+](=O)[O-])cc(Cl)cc21. The Morgan fingerprint density at radius 3 is 2.32 bits per heavy atom. The average molecular weight is 389 g/mol. The lowest BCUT2D eigenvalue weighted by Gasteiger charge is -2.16. The summed E-state index contributed by atoms with van der Waals surface area (Å²) in [6.07, 6.45) is 0. The van der Waals surface area contributed by atoms with Crippen LogP contribution in [0.1, 0.15) is 19.9 Å². The fraction of sp³-hybridized carbons (Fsp3) is 0.357. The highest BCUT2D eigenvalue weighted by atomic mass is 35.5. The Labute approximate surface area is 149 Å². The molecule has 1 aromatic carbocycles. The minimum Gasteiger partial charge on any atom is -0.464 e. The van der Waals surface area contributed by atoms with Gasteiger partial charge in [0.1, 0.15) is 4.70 Å². The molecule has 0 bridgehead atoms. The normalized spacial score (nSPS) is 10.9. The van der Waals surface area contributed by atoms with Gasteiger partial charge in [0.05, 0.1) is 23.7 Å². The zero-order valence-corrected chi connectivity index (χ0v) is 14.8. The number of hydrogen-bond acceptors (Lipinski definition) is 8. The summed E-state index contributed by atoms with van der Waals surface area (Å²) in [6, 6.07) is 0.653. The van der Waals surface area contributed by atoms with Crippen molar-refractivity contribution in [3.8, 4) is 0 Å². The van der Waals surface area contributed by atoms with E-state index in [0.29, 0.717) is 11.3 Å². The maximum absolute atomic E-state index is 12.4. The van der Waals surface area contributed by atoms with Crippen molar-refractivity contribution in [2.75, 3.05) is 13.2 Å². The van der Waals surface area contributed by atoms with Gasteiger partial charge in [-0.15, -0.1) is 0 Å². The van der Waals surface area contributed by atoms with E-state index in [1.165, 1.54) is 19.9 Å². The van der Waals surface area contributed by atoms with Crippen LogP contribution in [0.4, 0.5) is 5.69 Å². The smallest absolute Gasteiger partial charge is 0.341 e. The van der Waals surface area contributed by atoms with Crippen LogP contribution in [0.2, 0.25) is 5.02 Å². The number of nitro benzene ring substituents is 1. The Morgan fingerprint density at radius 2 is 1.84 bits per heavy atom. The molecular formula is C14H13ClN2O7S. The van der Waals surface area contributed by atoms with Crippen molar-refractivity contribution in [3.05, 3.63) is 36.9 Å². The number of non-ortho nitro benzene ring substituents is 1. The number of nitrogens with zero attached hydrogens (tertiary/aromatic N) is 2. The first kappa shape index (κ1) is 18.9. The Morgan fingerprint density at radius 1 is 1.28 bits per heavy atom. The molecule has 0 N–H and O–H groups in total. The van der Waals surface area contributed by atoms with Gasteiger partial charge >= 0.3 is 16.8 Å². The highest BCUT2D eigenvalue weighted by Crippen LogP contribution is 2.33. The Hall–Kier alpha value is -2.46. The standard InChI is InChI=1S/C14H13ClN2O7S/c1-3-23-12(18)10(13(19)24-4-2)16-8-5-7(15)6-9(17(21)22)11(8)25-14(16)20/h5-6,10H,3-4H2,1-2H3. The molecule has 0 unspecified atom stereocenters. The summed E-state index contributed by atoms with van der Waals surface area (Å²) in [5.74, 6) is -1.99. The van der Waals surface area contributed by atoms with Crippen LogP contribution < -0.4 is 4.87 Å². The van der Waals surface area contributed by atoms with Crippen molar-refractivity contribution in [2.45, 2.75) is 19.9 Å². The maximum atomic E-state index is 12.4. The van der Waals surface area contributed by atoms with Gasteiger partial charge in [0, 0.05) is 11.1 Å². The first-order valence-corrected chi connectivity index (χ1v) is 8.33. The quantitative estimate of drug-likeness (QED) is 0.322. The number of carbonyl (C=O) groups is 2. The second-order valence-electron chi connectivity index (χ2n) is 4.67. The number of rotatable bonds is 6. The van der Waals surface area contributed by atoms with Crippen LogP contribution in [0.3, 0.4) is 0 Å². The van der Waals surface area contributed by atoms with Crippen LogP contribution >= 0.6 is 22.9 Å². The number of halogens is 1. The summed E-state index contributed by atoms with van der Waals surface area (Å²) >= 11 is 6.42. The van der Waals surface area contributed by atoms with Crippen LogP contribution in [-0.4, -0.2) is 34.6 Å². The average Bonchev–Trinajstić information content (AvgIpc) is 2.84. The largest absolute Gasteiger partial charge is 0.464 e. The van der Waals surface area contributed by atoms with E-state index >= 15 is 0 Å². The number of thiazole rings is 1. The predicted octanol–water partition coefficient (Wildman–Crippen LogP) is 2.29. The lowest BCUT2D eigenvalue weighted by Crippen LogP contribution is -2.35. The molecule has 0 aliphatic carbocycles. The van der Waals surface area contributed by atoms with Crippen molar-refractivity contribution in [2.24, 2.45) is 0 Å². The Bertz CT molecular complexity index is 886. The highest BCUT2D eigenvalue weighted by Gasteiger charge is 2.35. The van der Waals surface area contributed by atoms with E-state index in [0.717, 1.165) is 10.6 Å². The van der Waals surface area contributed by atoms with Crippen LogP contribution in [-0.2, 0) is 19.1 Å². The zero-order chi connectivity index (χ0) is 18.7. The lowest BCUT2D eigenvalue weighted by atomic mass is 10.2. The fourth-order valence-electron chi connectivity index (χ4n) is 2.21. The molecule has 9 nitrogen and oxygen atoms in total. The summed E-state index contributed by atoms with van der Waals surface area (Å²) in [6.45, 7) is 3.03. The van der Waals surface area contributed by atoms with Gasteiger partial charge in [0.25, 0.3) is 5.69 Å². The summed E-state index contributed by atoms with van der Waals surface area (Å²) in [4.78, 5) is 46.6. The van der Waals surface area contributed by atoms with E-state index in [2.05, 4.69) is 0 Å².